The molecule has 0 aliphatic carbocycles. The van der Waals surface area contributed by atoms with Crippen LogP contribution in [0.2, 0.25) is 5.02 Å². The van der Waals surface area contributed by atoms with E-state index < -0.39 is 0 Å². The number of hydrogen-bond donors (Lipinski definition) is 2. The Kier molecular flexibility index (Phi) is 5.31. The zero-order chi connectivity index (χ0) is 17.8. The summed E-state index contributed by atoms with van der Waals surface area (Å²) in [5.41, 5.74) is 2.92. The van der Waals surface area contributed by atoms with Gasteiger partial charge in [0, 0.05) is 12.7 Å². The summed E-state index contributed by atoms with van der Waals surface area (Å²) >= 11 is 7.12. The number of aromatic nitrogens is 2. The SMILES string of the molecule is Cc1cccc(CNC(=O)c2sc(Nc3ccc(Cl)cn3)nc2C)c1. The van der Waals surface area contributed by atoms with Crippen LogP contribution in [0.25, 0.3) is 0 Å². The van der Waals surface area contributed by atoms with Crippen molar-refractivity contribution in [3.8, 4) is 0 Å². The number of anilines is 2. The number of amides is 1. The smallest absolute Gasteiger partial charge is 0.263 e. The highest BCUT2D eigenvalue weighted by Crippen LogP contribution is 2.25. The Morgan fingerprint density at radius 3 is 2.80 bits per heavy atom. The Morgan fingerprint density at radius 2 is 2.08 bits per heavy atom. The summed E-state index contributed by atoms with van der Waals surface area (Å²) in [4.78, 5) is 21.6. The van der Waals surface area contributed by atoms with E-state index in [0.29, 0.717) is 33.1 Å². The quantitative estimate of drug-likeness (QED) is 0.692. The monoisotopic (exact) mass is 372 g/mol. The maximum Gasteiger partial charge on any atom is 0.263 e. The fourth-order valence-corrected chi connectivity index (χ4v) is 3.31. The molecule has 0 saturated carbocycles. The van der Waals surface area contributed by atoms with E-state index in [1.165, 1.54) is 16.9 Å². The second kappa shape index (κ2) is 7.63. The summed E-state index contributed by atoms with van der Waals surface area (Å²) in [5, 5.41) is 7.21. The summed E-state index contributed by atoms with van der Waals surface area (Å²) in [6.07, 6.45) is 1.56. The molecule has 0 aliphatic rings. The topological polar surface area (TPSA) is 66.9 Å². The van der Waals surface area contributed by atoms with E-state index >= 15 is 0 Å². The van der Waals surface area contributed by atoms with Gasteiger partial charge in [0.2, 0.25) is 0 Å². The molecule has 7 heteroatoms. The molecular formula is C18H17ClN4OS. The molecule has 2 N–H and O–H groups in total. The van der Waals surface area contributed by atoms with Crippen LogP contribution < -0.4 is 10.6 Å². The fourth-order valence-electron chi connectivity index (χ4n) is 2.30. The molecule has 0 bridgehead atoms. The molecule has 1 amide bonds. The summed E-state index contributed by atoms with van der Waals surface area (Å²) in [7, 11) is 0. The van der Waals surface area contributed by atoms with Crippen molar-refractivity contribution in [1.82, 2.24) is 15.3 Å². The molecule has 1 aromatic carbocycles. The molecule has 3 rings (SSSR count). The van der Waals surface area contributed by atoms with E-state index in [0.717, 1.165) is 5.56 Å². The zero-order valence-electron chi connectivity index (χ0n) is 13.8. The summed E-state index contributed by atoms with van der Waals surface area (Å²) < 4.78 is 0. The standard InChI is InChI=1S/C18H17ClN4OS/c1-11-4-3-5-13(8-11)9-21-17(24)16-12(2)22-18(25-16)23-15-7-6-14(19)10-20-15/h3-8,10H,9H2,1-2H3,(H,21,24)(H,20,22,23). The minimum Gasteiger partial charge on any atom is -0.347 e. The van der Waals surface area contributed by atoms with Crippen molar-refractivity contribution < 1.29 is 4.79 Å². The van der Waals surface area contributed by atoms with Gasteiger partial charge in [-0.25, -0.2) is 9.97 Å². The third kappa shape index (κ3) is 4.55. The lowest BCUT2D eigenvalue weighted by molar-refractivity contribution is 0.0954. The van der Waals surface area contributed by atoms with Crippen LogP contribution >= 0.6 is 22.9 Å². The van der Waals surface area contributed by atoms with Gasteiger partial charge in [0.15, 0.2) is 5.13 Å². The number of thiazole rings is 1. The number of pyridine rings is 1. The van der Waals surface area contributed by atoms with E-state index in [4.69, 9.17) is 11.6 Å². The molecule has 0 fully saturated rings. The Bertz CT molecular complexity index is 892. The van der Waals surface area contributed by atoms with E-state index in [9.17, 15) is 4.79 Å². The lowest BCUT2D eigenvalue weighted by atomic mass is 10.1. The first-order valence-electron chi connectivity index (χ1n) is 7.71. The van der Waals surface area contributed by atoms with Crippen LogP contribution in [0.15, 0.2) is 42.6 Å². The van der Waals surface area contributed by atoms with E-state index in [1.807, 2.05) is 32.0 Å². The van der Waals surface area contributed by atoms with Crippen LogP contribution in [0.4, 0.5) is 10.9 Å². The molecule has 2 heterocycles. The molecule has 128 valence electrons. The number of rotatable bonds is 5. The zero-order valence-corrected chi connectivity index (χ0v) is 15.4. The first-order valence-corrected chi connectivity index (χ1v) is 8.90. The number of carbonyl (C=O) groups excluding carboxylic acids is 1. The number of nitrogens with one attached hydrogen (secondary N) is 2. The number of halogens is 1. The molecule has 0 aliphatic heterocycles. The van der Waals surface area contributed by atoms with Crippen molar-refractivity contribution >= 4 is 39.8 Å². The molecule has 5 nitrogen and oxygen atoms in total. The third-order valence-corrected chi connectivity index (χ3v) is 4.80. The van der Waals surface area contributed by atoms with E-state index in [2.05, 4.69) is 26.7 Å². The lowest BCUT2D eigenvalue weighted by Gasteiger charge is -2.05. The molecule has 0 unspecified atom stereocenters. The van der Waals surface area contributed by atoms with Crippen LogP contribution in [0.3, 0.4) is 0 Å². The van der Waals surface area contributed by atoms with Gasteiger partial charge in [0.1, 0.15) is 10.7 Å². The molecule has 0 radical (unpaired) electrons. The number of nitrogens with zero attached hydrogens (tertiary/aromatic N) is 2. The van der Waals surface area contributed by atoms with Gasteiger partial charge in [0.05, 0.1) is 10.7 Å². The predicted molar refractivity (Wildman–Crippen MR) is 102 cm³/mol. The van der Waals surface area contributed by atoms with Crippen LogP contribution in [0.5, 0.6) is 0 Å². The maximum absolute atomic E-state index is 12.4. The van der Waals surface area contributed by atoms with Gasteiger partial charge >= 0.3 is 0 Å². The van der Waals surface area contributed by atoms with Gasteiger partial charge < -0.3 is 10.6 Å². The van der Waals surface area contributed by atoms with Gasteiger partial charge in [-0.05, 0) is 31.5 Å². The lowest BCUT2D eigenvalue weighted by Crippen LogP contribution is -2.22. The normalized spacial score (nSPS) is 10.5. The van der Waals surface area contributed by atoms with Gasteiger partial charge in [-0.1, -0.05) is 52.8 Å². The van der Waals surface area contributed by atoms with Crippen LogP contribution in [0.1, 0.15) is 26.5 Å². The van der Waals surface area contributed by atoms with Crippen LogP contribution in [-0.2, 0) is 6.54 Å². The molecule has 0 atom stereocenters. The summed E-state index contributed by atoms with van der Waals surface area (Å²) in [6.45, 7) is 4.33. The first-order chi connectivity index (χ1) is 12.0. The highest BCUT2D eigenvalue weighted by atomic mass is 35.5. The molecule has 0 saturated heterocycles. The summed E-state index contributed by atoms with van der Waals surface area (Å²) in [5.74, 6) is 0.499. The molecular weight excluding hydrogens is 356 g/mol. The van der Waals surface area contributed by atoms with Crippen molar-refractivity contribution in [3.63, 3.8) is 0 Å². The van der Waals surface area contributed by atoms with Gasteiger partial charge in [-0.15, -0.1) is 0 Å². The predicted octanol–water partition coefficient (Wildman–Crippen LogP) is 4.48. The molecule has 25 heavy (non-hydrogen) atoms. The molecule has 2 aromatic heterocycles. The summed E-state index contributed by atoms with van der Waals surface area (Å²) in [6, 6.07) is 11.6. The fraction of sp³-hybridized carbons (Fsp3) is 0.167. The van der Waals surface area contributed by atoms with Crippen molar-refractivity contribution in [1.29, 1.82) is 0 Å². The average molecular weight is 373 g/mol. The second-order valence-electron chi connectivity index (χ2n) is 5.59. The number of aryl methyl sites for hydroxylation is 2. The molecule has 0 spiro atoms. The van der Waals surface area contributed by atoms with E-state index in [-0.39, 0.29) is 5.91 Å². The first kappa shape index (κ1) is 17.4. The Labute approximate surface area is 155 Å². The van der Waals surface area contributed by atoms with Crippen molar-refractivity contribution in [3.05, 3.63) is 69.3 Å². The minimum absolute atomic E-state index is 0.131. The maximum atomic E-state index is 12.4. The van der Waals surface area contributed by atoms with Crippen molar-refractivity contribution in [2.45, 2.75) is 20.4 Å². The Hall–Kier alpha value is -2.44. The highest BCUT2D eigenvalue weighted by Gasteiger charge is 2.15. The Balaban J connectivity index is 1.66. The largest absolute Gasteiger partial charge is 0.347 e. The Morgan fingerprint density at radius 1 is 1.24 bits per heavy atom. The van der Waals surface area contributed by atoms with Gasteiger partial charge in [-0.2, -0.15) is 0 Å². The average Bonchev–Trinajstić information content (AvgIpc) is 2.95. The number of hydrogen-bond acceptors (Lipinski definition) is 5. The number of benzene rings is 1. The van der Waals surface area contributed by atoms with Gasteiger partial charge in [-0.3, -0.25) is 4.79 Å². The number of carbonyl (C=O) groups is 1. The second-order valence-corrected chi connectivity index (χ2v) is 7.03. The third-order valence-electron chi connectivity index (χ3n) is 3.50. The minimum atomic E-state index is -0.131. The van der Waals surface area contributed by atoms with E-state index in [1.54, 1.807) is 18.3 Å². The van der Waals surface area contributed by atoms with Gasteiger partial charge in [0.25, 0.3) is 5.91 Å². The van der Waals surface area contributed by atoms with Crippen molar-refractivity contribution in [2.24, 2.45) is 0 Å². The van der Waals surface area contributed by atoms with Crippen LogP contribution in [-0.4, -0.2) is 15.9 Å². The van der Waals surface area contributed by atoms with Crippen molar-refractivity contribution in [2.75, 3.05) is 5.32 Å². The molecule has 3 aromatic rings. The highest BCUT2D eigenvalue weighted by molar-refractivity contribution is 7.17. The van der Waals surface area contributed by atoms with Crippen LogP contribution in [0, 0.1) is 13.8 Å².